The van der Waals surface area contributed by atoms with Crippen LogP contribution in [0.15, 0.2) is 30.3 Å². The maximum Gasteiger partial charge on any atom is 0.132 e. The van der Waals surface area contributed by atoms with Gasteiger partial charge >= 0.3 is 0 Å². The van der Waals surface area contributed by atoms with E-state index in [0.717, 1.165) is 25.2 Å². The zero-order valence-corrected chi connectivity index (χ0v) is 10.1. The predicted molar refractivity (Wildman–Crippen MR) is 68.8 cm³/mol. The van der Waals surface area contributed by atoms with E-state index in [9.17, 15) is 4.39 Å². The van der Waals surface area contributed by atoms with Gasteiger partial charge < -0.3 is 5.32 Å². The van der Waals surface area contributed by atoms with E-state index in [0.29, 0.717) is 17.2 Å². The average molecular weight is 245 g/mol. The topological polar surface area (TPSA) is 40.7 Å². The van der Waals surface area contributed by atoms with Gasteiger partial charge in [-0.3, -0.25) is 5.10 Å². The van der Waals surface area contributed by atoms with Gasteiger partial charge in [0.15, 0.2) is 0 Å². The first-order chi connectivity index (χ1) is 8.84. The van der Waals surface area contributed by atoms with Crippen molar-refractivity contribution in [2.45, 2.75) is 18.8 Å². The second-order valence-electron chi connectivity index (χ2n) is 4.73. The van der Waals surface area contributed by atoms with Gasteiger partial charge in [0.2, 0.25) is 0 Å². The molecule has 4 heteroatoms. The van der Waals surface area contributed by atoms with Crippen LogP contribution in [0.25, 0.3) is 11.3 Å². The molecule has 0 unspecified atom stereocenters. The molecule has 1 aromatic carbocycles. The van der Waals surface area contributed by atoms with Gasteiger partial charge in [0.25, 0.3) is 0 Å². The van der Waals surface area contributed by atoms with E-state index in [1.165, 1.54) is 12.5 Å². The van der Waals surface area contributed by atoms with Gasteiger partial charge in [-0.05, 0) is 37.6 Å². The van der Waals surface area contributed by atoms with Crippen molar-refractivity contribution >= 4 is 0 Å². The van der Waals surface area contributed by atoms with Crippen molar-refractivity contribution in [1.82, 2.24) is 15.5 Å². The van der Waals surface area contributed by atoms with Crippen molar-refractivity contribution in [1.29, 1.82) is 0 Å². The molecular weight excluding hydrogens is 229 g/mol. The van der Waals surface area contributed by atoms with Gasteiger partial charge in [-0.25, -0.2) is 4.39 Å². The number of hydrogen-bond donors (Lipinski definition) is 2. The Labute approximate surface area is 105 Å². The summed E-state index contributed by atoms with van der Waals surface area (Å²) < 4.78 is 13.7. The largest absolute Gasteiger partial charge is 0.316 e. The van der Waals surface area contributed by atoms with Gasteiger partial charge in [0.1, 0.15) is 5.82 Å². The van der Waals surface area contributed by atoms with E-state index < -0.39 is 0 Å². The Morgan fingerprint density at radius 3 is 2.94 bits per heavy atom. The molecule has 0 spiro atoms. The minimum atomic E-state index is -0.225. The lowest BCUT2D eigenvalue weighted by Gasteiger charge is -2.21. The SMILES string of the molecule is Fc1ccccc1-c1cc([C@H]2CCCNC2)[nH]n1. The predicted octanol–water partition coefficient (Wildman–Crippen LogP) is 2.68. The molecule has 2 heterocycles. The fourth-order valence-corrected chi connectivity index (χ4v) is 2.47. The Balaban J connectivity index is 1.87. The third-order valence-corrected chi connectivity index (χ3v) is 3.48. The Bertz CT molecular complexity index is 529. The molecule has 0 bridgehead atoms. The maximum atomic E-state index is 13.7. The third kappa shape index (κ3) is 2.16. The molecule has 1 aliphatic heterocycles. The van der Waals surface area contributed by atoms with E-state index in [2.05, 4.69) is 15.5 Å². The van der Waals surface area contributed by atoms with Crippen LogP contribution in [-0.4, -0.2) is 23.3 Å². The van der Waals surface area contributed by atoms with Crippen LogP contribution in [0.3, 0.4) is 0 Å². The summed E-state index contributed by atoms with van der Waals surface area (Å²) >= 11 is 0. The standard InChI is InChI=1S/C14H16FN3/c15-12-6-2-1-5-11(12)14-8-13(17-18-14)10-4-3-7-16-9-10/h1-2,5-6,8,10,16H,3-4,7,9H2,(H,17,18)/t10-/m0/s1. The van der Waals surface area contributed by atoms with Crippen molar-refractivity contribution < 1.29 is 4.39 Å². The van der Waals surface area contributed by atoms with E-state index in [4.69, 9.17) is 0 Å². The first kappa shape index (κ1) is 11.4. The number of nitrogens with one attached hydrogen (secondary N) is 2. The van der Waals surface area contributed by atoms with Gasteiger partial charge in [-0.2, -0.15) is 5.10 Å². The summed E-state index contributed by atoms with van der Waals surface area (Å²) in [6, 6.07) is 8.71. The summed E-state index contributed by atoms with van der Waals surface area (Å²) in [7, 11) is 0. The van der Waals surface area contributed by atoms with Crippen molar-refractivity contribution in [2.75, 3.05) is 13.1 Å². The number of nitrogens with zero attached hydrogens (tertiary/aromatic N) is 1. The first-order valence-electron chi connectivity index (χ1n) is 6.35. The Kier molecular flexibility index (Phi) is 3.11. The first-order valence-corrected chi connectivity index (χ1v) is 6.35. The van der Waals surface area contributed by atoms with Crippen LogP contribution in [0.5, 0.6) is 0 Å². The minimum Gasteiger partial charge on any atom is -0.316 e. The zero-order valence-electron chi connectivity index (χ0n) is 10.1. The molecule has 3 rings (SSSR count). The molecule has 0 aliphatic carbocycles. The second-order valence-corrected chi connectivity index (χ2v) is 4.73. The molecule has 0 saturated carbocycles. The van der Waals surface area contributed by atoms with E-state index in [-0.39, 0.29) is 5.82 Å². The highest BCUT2D eigenvalue weighted by atomic mass is 19.1. The molecule has 1 atom stereocenters. The van der Waals surface area contributed by atoms with Gasteiger partial charge in [-0.15, -0.1) is 0 Å². The molecule has 2 N–H and O–H groups in total. The van der Waals surface area contributed by atoms with Crippen molar-refractivity contribution in [3.05, 3.63) is 41.8 Å². The number of rotatable bonds is 2. The van der Waals surface area contributed by atoms with Crippen LogP contribution in [0.1, 0.15) is 24.5 Å². The fraction of sp³-hybridized carbons (Fsp3) is 0.357. The molecular formula is C14H16FN3. The highest BCUT2D eigenvalue weighted by Crippen LogP contribution is 2.26. The summed E-state index contributed by atoms with van der Waals surface area (Å²) in [5.41, 5.74) is 2.35. The lowest BCUT2D eigenvalue weighted by molar-refractivity contribution is 0.454. The van der Waals surface area contributed by atoms with Crippen LogP contribution in [0, 0.1) is 5.82 Å². The quantitative estimate of drug-likeness (QED) is 0.854. The van der Waals surface area contributed by atoms with E-state index >= 15 is 0 Å². The van der Waals surface area contributed by atoms with Crippen LogP contribution < -0.4 is 5.32 Å². The molecule has 1 aromatic heterocycles. The van der Waals surface area contributed by atoms with Gasteiger partial charge in [0.05, 0.1) is 5.69 Å². The molecule has 1 aliphatic rings. The number of H-pyrrole nitrogens is 1. The molecule has 0 radical (unpaired) electrons. The highest BCUT2D eigenvalue weighted by molar-refractivity contribution is 5.60. The number of piperidine rings is 1. The number of benzene rings is 1. The van der Waals surface area contributed by atoms with Crippen molar-refractivity contribution in [3.63, 3.8) is 0 Å². The monoisotopic (exact) mass is 245 g/mol. The summed E-state index contributed by atoms with van der Waals surface area (Å²) in [5, 5.41) is 10.6. The van der Waals surface area contributed by atoms with Crippen LogP contribution in [-0.2, 0) is 0 Å². The normalized spacial score (nSPS) is 19.9. The molecule has 1 fully saturated rings. The van der Waals surface area contributed by atoms with Crippen LogP contribution in [0.4, 0.5) is 4.39 Å². The maximum absolute atomic E-state index is 13.7. The van der Waals surface area contributed by atoms with Crippen molar-refractivity contribution in [2.24, 2.45) is 0 Å². The van der Waals surface area contributed by atoms with Crippen molar-refractivity contribution in [3.8, 4) is 11.3 Å². The smallest absolute Gasteiger partial charge is 0.132 e. The Morgan fingerprint density at radius 1 is 1.28 bits per heavy atom. The summed E-state index contributed by atoms with van der Waals surface area (Å²) in [6.45, 7) is 2.06. The second kappa shape index (κ2) is 4.90. The fourth-order valence-electron chi connectivity index (χ4n) is 2.47. The van der Waals surface area contributed by atoms with Crippen LogP contribution >= 0.6 is 0 Å². The van der Waals surface area contributed by atoms with E-state index in [1.54, 1.807) is 12.1 Å². The van der Waals surface area contributed by atoms with E-state index in [1.807, 2.05) is 12.1 Å². The van der Waals surface area contributed by atoms with Crippen LogP contribution in [0.2, 0.25) is 0 Å². The zero-order chi connectivity index (χ0) is 12.4. The lowest BCUT2D eigenvalue weighted by Crippen LogP contribution is -2.28. The number of aromatic amines is 1. The minimum absolute atomic E-state index is 0.225. The molecule has 1 saturated heterocycles. The molecule has 2 aromatic rings. The van der Waals surface area contributed by atoms with Gasteiger partial charge in [-0.1, -0.05) is 12.1 Å². The third-order valence-electron chi connectivity index (χ3n) is 3.48. The highest BCUT2D eigenvalue weighted by Gasteiger charge is 2.18. The lowest BCUT2D eigenvalue weighted by atomic mass is 9.96. The summed E-state index contributed by atoms with van der Waals surface area (Å²) in [4.78, 5) is 0. The molecule has 3 nitrogen and oxygen atoms in total. The number of aromatic nitrogens is 2. The molecule has 0 amide bonds. The molecule has 94 valence electrons. The number of halogens is 1. The van der Waals surface area contributed by atoms with Gasteiger partial charge in [0, 0.05) is 23.7 Å². The summed E-state index contributed by atoms with van der Waals surface area (Å²) in [6.07, 6.45) is 2.34. The summed E-state index contributed by atoms with van der Waals surface area (Å²) in [5.74, 6) is 0.240. The molecule has 18 heavy (non-hydrogen) atoms. The number of hydrogen-bond acceptors (Lipinski definition) is 2. The Hall–Kier alpha value is -1.68. The Morgan fingerprint density at radius 2 is 2.17 bits per heavy atom. The average Bonchev–Trinajstić information content (AvgIpc) is 2.90.